The predicted molar refractivity (Wildman–Crippen MR) is 88.1 cm³/mol. The Morgan fingerprint density at radius 3 is 2.55 bits per heavy atom. The van der Waals surface area contributed by atoms with Gasteiger partial charge < -0.3 is 10.8 Å². The lowest BCUT2D eigenvalue weighted by Gasteiger charge is -2.26. The molecule has 0 radical (unpaired) electrons. The Balaban J connectivity index is 1.76. The highest BCUT2D eigenvalue weighted by atomic mass is 16.3. The summed E-state index contributed by atoms with van der Waals surface area (Å²) >= 11 is 0. The van der Waals surface area contributed by atoms with E-state index in [-0.39, 0.29) is 0 Å². The van der Waals surface area contributed by atoms with E-state index < -0.39 is 18.1 Å². The van der Waals surface area contributed by atoms with Gasteiger partial charge in [-0.3, -0.25) is 15.6 Å². The van der Waals surface area contributed by atoms with Gasteiger partial charge in [0, 0.05) is 6.04 Å². The van der Waals surface area contributed by atoms with Crippen LogP contribution in [-0.4, -0.2) is 23.2 Å². The van der Waals surface area contributed by atoms with Gasteiger partial charge in [0.15, 0.2) is 0 Å². The molecule has 1 aromatic rings. The molecule has 2 rings (SSSR count). The summed E-state index contributed by atoms with van der Waals surface area (Å²) in [5.41, 5.74) is 13.2. The molecule has 5 N–H and O–H groups in total. The predicted octanol–water partition coefficient (Wildman–Crippen LogP) is 2.10. The van der Waals surface area contributed by atoms with Gasteiger partial charge in [-0.2, -0.15) is 0 Å². The molecular weight excluding hydrogens is 278 g/mol. The molecule has 5 heteroatoms. The molecule has 0 aliphatic heterocycles. The van der Waals surface area contributed by atoms with Crippen molar-refractivity contribution in [3.8, 4) is 0 Å². The van der Waals surface area contributed by atoms with Crippen LogP contribution < -0.4 is 16.6 Å². The summed E-state index contributed by atoms with van der Waals surface area (Å²) in [5.74, 6) is 0.0557. The van der Waals surface area contributed by atoms with Crippen LogP contribution in [0.15, 0.2) is 24.3 Å². The van der Waals surface area contributed by atoms with E-state index in [9.17, 15) is 9.90 Å². The second kappa shape index (κ2) is 8.15. The average molecular weight is 305 g/mol. The quantitative estimate of drug-likeness (QED) is 0.606. The number of hydrazine groups is 1. The Kier molecular flexibility index (Phi) is 6.21. The highest BCUT2D eigenvalue weighted by Crippen LogP contribution is 2.27. The summed E-state index contributed by atoms with van der Waals surface area (Å²) in [7, 11) is 0. The summed E-state index contributed by atoms with van der Waals surface area (Å²) in [6.07, 6.45) is 5.59. The summed E-state index contributed by atoms with van der Waals surface area (Å²) in [4.78, 5) is 12.0. The number of nitrogens with one attached hydrogen (secondary N) is 2. The third-order valence-electron chi connectivity index (χ3n) is 4.39. The number of benzene rings is 1. The third kappa shape index (κ3) is 5.00. The molecule has 1 fully saturated rings. The van der Waals surface area contributed by atoms with Crippen molar-refractivity contribution < 1.29 is 9.90 Å². The molecule has 0 bridgehead atoms. The molecule has 122 valence electrons. The van der Waals surface area contributed by atoms with Crippen LogP contribution in [0.3, 0.4) is 0 Å². The first-order valence-electron chi connectivity index (χ1n) is 8.12. The van der Waals surface area contributed by atoms with E-state index in [0.717, 1.165) is 24.1 Å². The number of hydrogen-bond acceptors (Lipinski definition) is 4. The Bertz CT molecular complexity index is 469. The normalized spacial score (nSPS) is 18.5. The zero-order valence-corrected chi connectivity index (χ0v) is 13.2. The summed E-state index contributed by atoms with van der Waals surface area (Å²) < 4.78 is 0. The topological polar surface area (TPSA) is 87.4 Å². The van der Waals surface area contributed by atoms with Crippen LogP contribution >= 0.6 is 0 Å². The van der Waals surface area contributed by atoms with Crippen molar-refractivity contribution >= 4 is 11.6 Å². The van der Waals surface area contributed by atoms with Crippen molar-refractivity contribution in [3.05, 3.63) is 29.8 Å². The van der Waals surface area contributed by atoms with Gasteiger partial charge in [-0.1, -0.05) is 49.8 Å². The van der Waals surface area contributed by atoms with Crippen LogP contribution in [0.5, 0.6) is 0 Å². The molecule has 1 saturated carbocycles. The van der Waals surface area contributed by atoms with E-state index in [1.165, 1.54) is 19.3 Å². The molecule has 0 saturated heterocycles. The summed E-state index contributed by atoms with van der Waals surface area (Å²) in [5, 5.41) is 10.1. The average Bonchev–Trinajstić information content (AvgIpc) is 2.54. The standard InChI is InChI=1S/C17H27N3O2/c1-12-7-9-14(10-8-12)19-20-17(22)16(21)15(18)11-13-5-3-2-4-6-13/h7-10,13,15-16,19,21H,2-6,11,18H2,1H3,(H,20,22)/t15-,16?/m1/s1. The van der Waals surface area contributed by atoms with Crippen LogP contribution in [0.2, 0.25) is 0 Å². The van der Waals surface area contributed by atoms with Gasteiger partial charge in [-0.05, 0) is 31.4 Å². The number of hydrogen-bond donors (Lipinski definition) is 4. The molecule has 22 heavy (non-hydrogen) atoms. The third-order valence-corrected chi connectivity index (χ3v) is 4.39. The van der Waals surface area contributed by atoms with Gasteiger partial charge in [0.1, 0.15) is 6.10 Å². The lowest BCUT2D eigenvalue weighted by molar-refractivity contribution is -0.130. The minimum Gasteiger partial charge on any atom is -0.382 e. The number of nitrogens with two attached hydrogens (primary N) is 1. The monoisotopic (exact) mass is 305 g/mol. The molecule has 0 spiro atoms. The highest BCUT2D eigenvalue weighted by Gasteiger charge is 2.26. The van der Waals surface area contributed by atoms with Gasteiger partial charge >= 0.3 is 0 Å². The molecule has 2 atom stereocenters. The fourth-order valence-corrected chi connectivity index (χ4v) is 2.98. The van der Waals surface area contributed by atoms with Crippen molar-refractivity contribution in [1.29, 1.82) is 0 Å². The van der Waals surface area contributed by atoms with E-state index in [2.05, 4.69) is 10.9 Å². The second-order valence-electron chi connectivity index (χ2n) is 6.33. The van der Waals surface area contributed by atoms with Crippen molar-refractivity contribution in [2.24, 2.45) is 11.7 Å². The van der Waals surface area contributed by atoms with Gasteiger partial charge in [-0.15, -0.1) is 0 Å². The number of amides is 1. The SMILES string of the molecule is Cc1ccc(NNC(=O)C(O)[C@H](N)CC2CCCCC2)cc1. The number of aliphatic hydroxyl groups excluding tert-OH is 1. The Morgan fingerprint density at radius 1 is 1.27 bits per heavy atom. The lowest BCUT2D eigenvalue weighted by atomic mass is 9.84. The van der Waals surface area contributed by atoms with Gasteiger partial charge in [0.2, 0.25) is 0 Å². The van der Waals surface area contributed by atoms with E-state index in [4.69, 9.17) is 5.73 Å². The second-order valence-corrected chi connectivity index (χ2v) is 6.33. The maximum Gasteiger partial charge on any atom is 0.268 e. The van der Waals surface area contributed by atoms with Crippen molar-refractivity contribution in [3.63, 3.8) is 0 Å². The fourth-order valence-electron chi connectivity index (χ4n) is 2.98. The molecule has 1 amide bonds. The van der Waals surface area contributed by atoms with Gasteiger partial charge in [0.05, 0.1) is 5.69 Å². The van der Waals surface area contributed by atoms with E-state index >= 15 is 0 Å². The molecule has 1 unspecified atom stereocenters. The van der Waals surface area contributed by atoms with Crippen LogP contribution in [-0.2, 0) is 4.79 Å². The van der Waals surface area contributed by atoms with Crippen LogP contribution in [0.1, 0.15) is 44.1 Å². The minimum atomic E-state index is -1.18. The zero-order chi connectivity index (χ0) is 15.9. The van der Waals surface area contributed by atoms with Crippen molar-refractivity contribution in [1.82, 2.24) is 5.43 Å². The minimum absolute atomic E-state index is 0.483. The summed E-state index contributed by atoms with van der Waals surface area (Å²) in [6.45, 7) is 2.00. The number of rotatable bonds is 6. The van der Waals surface area contributed by atoms with E-state index in [0.29, 0.717) is 12.3 Å². The maximum atomic E-state index is 12.0. The number of carbonyl (C=O) groups excluding carboxylic acids is 1. The first kappa shape index (κ1) is 16.8. The zero-order valence-electron chi connectivity index (χ0n) is 13.2. The Labute approximate surface area is 132 Å². The molecule has 1 aliphatic carbocycles. The van der Waals surface area contributed by atoms with E-state index in [1.54, 1.807) is 0 Å². The molecule has 0 heterocycles. The van der Waals surface area contributed by atoms with Gasteiger partial charge in [-0.25, -0.2) is 0 Å². The van der Waals surface area contributed by atoms with Crippen LogP contribution in [0, 0.1) is 12.8 Å². The fraction of sp³-hybridized carbons (Fsp3) is 0.588. The smallest absolute Gasteiger partial charge is 0.268 e. The van der Waals surface area contributed by atoms with Crippen molar-refractivity contribution in [2.75, 3.05) is 5.43 Å². The molecule has 0 aromatic heterocycles. The largest absolute Gasteiger partial charge is 0.382 e. The number of aliphatic hydroxyl groups is 1. The first-order chi connectivity index (χ1) is 10.6. The maximum absolute atomic E-state index is 12.0. The van der Waals surface area contributed by atoms with Crippen LogP contribution in [0.25, 0.3) is 0 Å². The molecule has 1 aliphatic rings. The molecular formula is C17H27N3O2. The summed E-state index contributed by atoms with van der Waals surface area (Å²) in [6, 6.07) is 7.11. The van der Waals surface area contributed by atoms with Crippen molar-refractivity contribution in [2.45, 2.75) is 57.6 Å². The first-order valence-corrected chi connectivity index (χ1v) is 8.12. The highest BCUT2D eigenvalue weighted by molar-refractivity contribution is 5.82. The number of carbonyl (C=O) groups is 1. The van der Waals surface area contributed by atoms with Gasteiger partial charge in [0.25, 0.3) is 5.91 Å². The molecule has 5 nitrogen and oxygen atoms in total. The molecule has 1 aromatic carbocycles. The lowest BCUT2D eigenvalue weighted by Crippen LogP contribution is -2.48. The Morgan fingerprint density at radius 2 is 1.91 bits per heavy atom. The number of anilines is 1. The van der Waals surface area contributed by atoms with Crippen LogP contribution in [0.4, 0.5) is 5.69 Å². The Hall–Kier alpha value is -1.59. The van der Waals surface area contributed by atoms with E-state index in [1.807, 2.05) is 31.2 Å². The number of aryl methyl sites for hydroxylation is 1.